The molecule has 0 spiro atoms. The van der Waals surface area contributed by atoms with E-state index in [0.29, 0.717) is 19.6 Å². The topological polar surface area (TPSA) is 49.8 Å². The summed E-state index contributed by atoms with van der Waals surface area (Å²) in [5.74, 6) is 1.21. The van der Waals surface area contributed by atoms with Gasteiger partial charge in [0, 0.05) is 25.6 Å². The molecule has 1 aliphatic heterocycles. The van der Waals surface area contributed by atoms with Gasteiger partial charge in [-0.3, -0.25) is 4.79 Å². The molecule has 0 radical (unpaired) electrons. The summed E-state index contributed by atoms with van der Waals surface area (Å²) < 4.78 is 5.58. The van der Waals surface area contributed by atoms with Crippen molar-refractivity contribution in [2.75, 3.05) is 26.3 Å². The van der Waals surface area contributed by atoms with Crippen molar-refractivity contribution in [1.29, 1.82) is 0 Å². The van der Waals surface area contributed by atoms with E-state index in [4.69, 9.17) is 9.84 Å². The molecule has 110 valence electrons. The van der Waals surface area contributed by atoms with Crippen molar-refractivity contribution >= 4 is 5.91 Å². The molecule has 0 aliphatic carbocycles. The van der Waals surface area contributed by atoms with Gasteiger partial charge in [-0.05, 0) is 30.5 Å². The minimum atomic E-state index is 0.133. The summed E-state index contributed by atoms with van der Waals surface area (Å²) >= 11 is 0. The van der Waals surface area contributed by atoms with E-state index in [1.807, 2.05) is 29.2 Å². The smallest absolute Gasteiger partial charge is 0.227 e. The first kappa shape index (κ1) is 14.9. The van der Waals surface area contributed by atoms with E-state index in [9.17, 15) is 4.79 Å². The van der Waals surface area contributed by atoms with Crippen LogP contribution in [0.5, 0.6) is 5.75 Å². The quantitative estimate of drug-likeness (QED) is 0.863. The Labute approximate surface area is 120 Å². The number of benzene rings is 1. The van der Waals surface area contributed by atoms with Crippen LogP contribution >= 0.6 is 0 Å². The number of rotatable bonds is 6. The van der Waals surface area contributed by atoms with E-state index >= 15 is 0 Å². The van der Waals surface area contributed by atoms with Crippen molar-refractivity contribution in [2.45, 2.75) is 26.2 Å². The van der Waals surface area contributed by atoms with Gasteiger partial charge in [-0.2, -0.15) is 0 Å². The van der Waals surface area contributed by atoms with Gasteiger partial charge in [0.05, 0.1) is 13.0 Å². The molecule has 1 heterocycles. The van der Waals surface area contributed by atoms with Crippen LogP contribution in [0.25, 0.3) is 0 Å². The van der Waals surface area contributed by atoms with E-state index in [-0.39, 0.29) is 18.4 Å². The van der Waals surface area contributed by atoms with Gasteiger partial charge in [-0.25, -0.2) is 0 Å². The molecule has 0 saturated carbocycles. The van der Waals surface area contributed by atoms with Crippen LogP contribution in [-0.2, 0) is 11.2 Å². The minimum absolute atomic E-state index is 0.133. The lowest BCUT2D eigenvalue weighted by Crippen LogP contribution is -2.30. The number of carbonyl (C=O) groups excluding carboxylic acids is 1. The highest BCUT2D eigenvalue weighted by Crippen LogP contribution is 2.18. The molecule has 4 nitrogen and oxygen atoms in total. The average molecular weight is 277 g/mol. The predicted molar refractivity (Wildman–Crippen MR) is 77.7 cm³/mol. The molecule has 1 N–H and O–H groups in total. The number of aliphatic hydroxyl groups is 1. The highest BCUT2D eigenvalue weighted by molar-refractivity contribution is 5.79. The Morgan fingerprint density at radius 3 is 3.05 bits per heavy atom. The van der Waals surface area contributed by atoms with E-state index in [0.717, 1.165) is 30.7 Å². The molecule has 2 rings (SSSR count). The lowest BCUT2D eigenvalue weighted by molar-refractivity contribution is -0.129. The average Bonchev–Trinajstić information content (AvgIpc) is 2.94. The van der Waals surface area contributed by atoms with Crippen molar-refractivity contribution in [2.24, 2.45) is 5.92 Å². The summed E-state index contributed by atoms with van der Waals surface area (Å²) in [7, 11) is 0. The number of ether oxygens (including phenoxy) is 1. The first-order valence-electron chi connectivity index (χ1n) is 7.33. The molecule has 1 aromatic rings. The van der Waals surface area contributed by atoms with Crippen LogP contribution in [0, 0.1) is 5.92 Å². The van der Waals surface area contributed by atoms with Gasteiger partial charge in [-0.1, -0.05) is 19.1 Å². The van der Waals surface area contributed by atoms with Gasteiger partial charge in [0.15, 0.2) is 0 Å². The molecule has 1 unspecified atom stereocenters. The number of amides is 1. The van der Waals surface area contributed by atoms with Crippen LogP contribution in [-0.4, -0.2) is 42.2 Å². The molecular formula is C16H23NO3. The van der Waals surface area contributed by atoms with Crippen LogP contribution in [0.3, 0.4) is 0 Å². The van der Waals surface area contributed by atoms with Gasteiger partial charge >= 0.3 is 0 Å². The fourth-order valence-corrected chi connectivity index (χ4v) is 2.46. The highest BCUT2D eigenvalue weighted by atomic mass is 16.5. The van der Waals surface area contributed by atoms with E-state index < -0.39 is 0 Å². The van der Waals surface area contributed by atoms with Crippen molar-refractivity contribution < 1.29 is 14.6 Å². The van der Waals surface area contributed by atoms with Crippen LogP contribution in [0.15, 0.2) is 24.3 Å². The Kier molecular flexibility index (Phi) is 5.41. The second-order valence-corrected chi connectivity index (χ2v) is 5.35. The van der Waals surface area contributed by atoms with E-state index in [1.54, 1.807) is 0 Å². The van der Waals surface area contributed by atoms with Gasteiger partial charge in [0.1, 0.15) is 5.75 Å². The number of hydrogen-bond donors (Lipinski definition) is 1. The summed E-state index contributed by atoms with van der Waals surface area (Å²) in [6.07, 6.45) is 2.28. The molecule has 20 heavy (non-hydrogen) atoms. The summed E-state index contributed by atoms with van der Waals surface area (Å²) in [6.45, 7) is 4.38. The van der Waals surface area contributed by atoms with Crippen LogP contribution < -0.4 is 4.74 Å². The number of hydrogen-bond acceptors (Lipinski definition) is 3. The van der Waals surface area contributed by atoms with E-state index in [2.05, 4.69) is 6.92 Å². The zero-order chi connectivity index (χ0) is 14.4. The van der Waals surface area contributed by atoms with Crippen LogP contribution in [0.4, 0.5) is 0 Å². The van der Waals surface area contributed by atoms with Crippen molar-refractivity contribution in [3.63, 3.8) is 0 Å². The molecular weight excluding hydrogens is 254 g/mol. The Hall–Kier alpha value is -1.55. The highest BCUT2D eigenvalue weighted by Gasteiger charge is 2.25. The maximum Gasteiger partial charge on any atom is 0.227 e. The van der Waals surface area contributed by atoms with E-state index in [1.165, 1.54) is 0 Å². The van der Waals surface area contributed by atoms with Gasteiger partial charge in [0.2, 0.25) is 5.91 Å². The fraction of sp³-hybridized carbons (Fsp3) is 0.562. The maximum absolute atomic E-state index is 12.2. The summed E-state index contributed by atoms with van der Waals surface area (Å²) in [5, 5.41) is 9.12. The van der Waals surface area contributed by atoms with Crippen molar-refractivity contribution in [3.8, 4) is 5.75 Å². The zero-order valence-electron chi connectivity index (χ0n) is 12.0. The third-order valence-electron chi connectivity index (χ3n) is 3.62. The molecule has 1 saturated heterocycles. The predicted octanol–water partition coefficient (Wildman–Crippen LogP) is 1.86. The molecule has 1 amide bonds. The SMILES string of the molecule is CCCOc1cccc(CC(=O)N2CCC(CO)C2)c1. The zero-order valence-corrected chi connectivity index (χ0v) is 12.0. The molecule has 0 aromatic heterocycles. The van der Waals surface area contributed by atoms with Crippen molar-refractivity contribution in [3.05, 3.63) is 29.8 Å². The van der Waals surface area contributed by atoms with Crippen LogP contribution in [0.1, 0.15) is 25.3 Å². The second kappa shape index (κ2) is 7.29. The fourth-order valence-electron chi connectivity index (χ4n) is 2.46. The lowest BCUT2D eigenvalue weighted by atomic mass is 10.1. The summed E-state index contributed by atoms with van der Waals surface area (Å²) in [4.78, 5) is 14.1. The van der Waals surface area contributed by atoms with Gasteiger partial charge in [0.25, 0.3) is 0 Å². The van der Waals surface area contributed by atoms with Gasteiger partial charge in [-0.15, -0.1) is 0 Å². The Morgan fingerprint density at radius 2 is 2.35 bits per heavy atom. The first-order valence-corrected chi connectivity index (χ1v) is 7.33. The molecule has 1 aliphatic rings. The first-order chi connectivity index (χ1) is 9.72. The Balaban J connectivity index is 1.91. The Bertz CT molecular complexity index is 447. The van der Waals surface area contributed by atoms with Crippen molar-refractivity contribution in [1.82, 2.24) is 4.90 Å². The van der Waals surface area contributed by atoms with Crippen LogP contribution in [0.2, 0.25) is 0 Å². The van der Waals surface area contributed by atoms with Gasteiger partial charge < -0.3 is 14.7 Å². The standard InChI is InChI=1S/C16H23NO3/c1-2-8-20-15-5-3-4-13(9-15)10-16(19)17-7-6-14(11-17)12-18/h3-5,9,14,18H,2,6-8,10-12H2,1H3. The number of nitrogens with zero attached hydrogens (tertiary/aromatic N) is 1. The molecule has 1 atom stereocenters. The summed E-state index contributed by atoms with van der Waals surface area (Å²) in [5.41, 5.74) is 0.982. The molecule has 4 heteroatoms. The monoisotopic (exact) mass is 277 g/mol. The summed E-state index contributed by atoms with van der Waals surface area (Å²) in [6, 6.07) is 7.73. The number of aliphatic hydroxyl groups excluding tert-OH is 1. The lowest BCUT2D eigenvalue weighted by Gasteiger charge is -2.16. The molecule has 1 fully saturated rings. The number of carbonyl (C=O) groups is 1. The maximum atomic E-state index is 12.2. The largest absolute Gasteiger partial charge is 0.494 e. The molecule has 0 bridgehead atoms. The third kappa shape index (κ3) is 3.97. The molecule has 1 aromatic carbocycles. The third-order valence-corrected chi connectivity index (χ3v) is 3.62. The minimum Gasteiger partial charge on any atom is -0.494 e. The Morgan fingerprint density at radius 1 is 1.50 bits per heavy atom. The second-order valence-electron chi connectivity index (χ2n) is 5.35. The normalized spacial score (nSPS) is 18.3. The number of likely N-dealkylation sites (tertiary alicyclic amines) is 1.